The number of para-hydroxylation sites is 1. The first-order valence-electron chi connectivity index (χ1n) is 15.7. The fourth-order valence-corrected chi connectivity index (χ4v) is 5.51. The molecule has 0 unspecified atom stereocenters. The maximum absolute atomic E-state index is 12.7. The minimum Gasteiger partial charge on any atom is -0.508 e. The van der Waals surface area contributed by atoms with E-state index >= 15 is 0 Å². The van der Waals surface area contributed by atoms with Crippen LogP contribution in [0.2, 0.25) is 0 Å². The number of amides is 2. The number of nitrogens with one attached hydrogen (secondary N) is 3. The van der Waals surface area contributed by atoms with Crippen molar-refractivity contribution in [2.75, 3.05) is 38.0 Å². The highest BCUT2D eigenvalue weighted by atomic mass is 16.6. The van der Waals surface area contributed by atoms with E-state index in [-0.39, 0.29) is 17.8 Å². The summed E-state index contributed by atoms with van der Waals surface area (Å²) in [5, 5.41) is 18.8. The molecule has 8 heteroatoms. The smallest absolute Gasteiger partial charge is 0.411 e. The molecular formula is C37H42N4O4. The number of anilines is 1. The van der Waals surface area contributed by atoms with Crippen LogP contribution in [-0.2, 0) is 28.9 Å². The molecule has 5 rings (SSSR count). The third-order valence-corrected chi connectivity index (χ3v) is 8.05. The predicted molar refractivity (Wildman–Crippen MR) is 178 cm³/mol. The highest BCUT2D eigenvalue weighted by Gasteiger charge is 2.22. The molecule has 1 saturated heterocycles. The number of ether oxygens (including phenoxy) is 1. The van der Waals surface area contributed by atoms with Crippen LogP contribution in [0, 0.1) is 0 Å². The Morgan fingerprint density at radius 3 is 2.20 bits per heavy atom. The summed E-state index contributed by atoms with van der Waals surface area (Å²) in [6, 6.07) is 33.1. The number of piperidine rings is 1. The summed E-state index contributed by atoms with van der Waals surface area (Å²) in [5.74, 6) is 0.300. The fraction of sp³-hybridized carbons (Fsp3) is 0.297. The molecule has 0 aromatic heterocycles. The van der Waals surface area contributed by atoms with Crippen molar-refractivity contribution < 1.29 is 19.4 Å². The maximum atomic E-state index is 12.7. The van der Waals surface area contributed by atoms with E-state index in [1.165, 1.54) is 11.1 Å². The zero-order valence-electron chi connectivity index (χ0n) is 25.6. The molecule has 4 aromatic rings. The first-order chi connectivity index (χ1) is 22.0. The van der Waals surface area contributed by atoms with Crippen molar-refractivity contribution in [3.05, 3.63) is 120 Å². The van der Waals surface area contributed by atoms with E-state index in [0.29, 0.717) is 13.0 Å². The van der Waals surface area contributed by atoms with Gasteiger partial charge in [-0.05, 0) is 66.3 Å². The van der Waals surface area contributed by atoms with Crippen molar-refractivity contribution in [1.82, 2.24) is 15.5 Å². The Balaban J connectivity index is 0.943. The highest BCUT2D eigenvalue weighted by molar-refractivity contribution is 5.91. The van der Waals surface area contributed by atoms with Gasteiger partial charge in [-0.3, -0.25) is 10.1 Å². The van der Waals surface area contributed by atoms with Gasteiger partial charge < -0.3 is 25.4 Å². The Labute approximate surface area is 265 Å². The Hall–Kier alpha value is -4.66. The molecule has 1 fully saturated rings. The first-order valence-corrected chi connectivity index (χ1v) is 15.7. The molecule has 0 saturated carbocycles. The number of likely N-dealkylation sites (tertiary alicyclic amines) is 1. The molecule has 1 aliphatic heterocycles. The number of carbonyl (C=O) groups excluding carboxylic acids is 2. The molecule has 2 amide bonds. The zero-order chi connectivity index (χ0) is 31.3. The molecule has 0 spiro atoms. The summed E-state index contributed by atoms with van der Waals surface area (Å²) in [6.07, 6.45) is 2.22. The number of carbonyl (C=O) groups is 2. The number of benzene rings is 4. The number of phenols is 1. The highest BCUT2D eigenvalue weighted by Crippen LogP contribution is 2.28. The molecule has 0 radical (unpaired) electrons. The SMILES string of the molecule is O=C(Cc1ccc(CNCCc2ccc(O)cc2)cc1)NCCN1CCC(OC(=O)Nc2ccccc2-c2ccccc2)CC1. The number of phenolic OH excluding ortho intramolecular Hbond substituents is 1. The summed E-state index contributed by atoms with van der Waals surface area (Å²) in [6.45, 7) is 4.60. The van der Waals surface area contributed by atoms with Crippen LogP contribution in [0.1, 0.15) is 29.5 Å². The molecule has 45 heavy (non-hydrogen) atoms. The van der Waals surface area contributed by atoms with E-state index in [2.05, 4.69) is 33.0 Å². The van der Waals surface area contributed by atoms with E-state index in [4.69, 9.17) is 4.74 Å². The second kappa shape index (κ2) is 16.4. The van der Waals surface area contributed by atoms with Crippen molar-refractivity contribution in [2.45, 2.75) is 38.3 Å². The maximum Gasteiger partial charge on any atom is 0.411 e. The third kappa shape index (κ3) is 10.2. The van der Waals surface area contributed by atoms with Gasteiger partial charge in [0, 0.05) is 38.3 Å². The normalized spacial score (nSPS) is 13.7. The van der Waals surface area contributed by atoms with Crippen molar-refractivity contribution >= 4 is 17.7 Å². The van der Waals surface area contributed by atoms with Gasteiger partial charge in [0.15, 0.2) is 0 Å². The second-order valence-electron chi connectivity index (χ2n) is 11.4. The van der Waals surface area contributed by atoms with Gasteiger partial charge in [0.05, 0.1) is 12.1 Å². The van der Waals surface area contributed by atoms with Gasteiger partial charge >= 0.3 is 6.09 Å². The molecule has 0 aliphatic carbocycles. The van der Waals surface area contributed by atoms with Gasteiger partial charge in [-0.2, -0.15) is 0 Å². The van der Waals surface area contributed by atoms with E-state index in [9.17, 15) is 14.7 Å². The van der Waals surface area contributed by atoms with E-state index in [1.54, 1.807) is 12.1 Å². The van der Waals surface area contributed by atoms with Crippen LogP contribution < -0.4 is 16.0 Å². The Morgan fingerprint density at radius 2 is 1.44 bits per heavy atom. The van der Waals surface area contributed by atoms with Crippen molar-refractivity contribution in [1.29, 1.82) is 0 Å². The lowest BCUT2D eigenvalue weighted by atomic mass is 10.0. The summed E-state index contributed by atoms with van der Waals surface area (Å²) < 4.78 is 5.74. The Kier molecular flexibility index (Phi) is 11.6. The number of nitrogens with zero attached hydrogens (tertiary/aromatic N) is 1. The van der Waals surface area contributed by atoms with Crippen LogP contribution >= 0.6 is 0 Å². The quantitative estimate of drug-likeness (QED) is 0.144. The molecule has 8 nitrogen and oxygen atoms in total. The van der Waals surface area contributed by atoms with Gasteiger partial charge in [0.2, 0.25) is 5.91 Å². The molecule has 0 bridgehead atoms. The monoisotopic (exact) mass is 606 g/mol. The number of hydrogen-bond acceptors (Lipinski definition) is 6. The molecule has 0 atom stereocenters. The molecular weight excluding hydrogens is 564 g/mol. The molecule has 4 N–H and O–H groups in total. The largest absolute Gasteiger partial charge is 0.508 e. The second-order valence-corrected chi connectivity index (χ2v) is 11.4. The summed E-state index contributed by atoms with van der Waals surface area (Å²) in [4.78, 5) is 27.5. The van der Waals surface area contributed by atoms with Crippen molar-refractivity contribution in [3.8, 4) is 16.9 Å². The van der Waals surface area contributed by atoms with Crippen LogP contribution in [0.5, 0.6) is 5.75 Å². The summed E-state index contributed by atoms with van der Waals surface area (Å²) >= 11 is 0. The summed E-state index contributed by atoms with van der Waals surface area (Å²) in [7, 11) is 0. The van der Waals surface area contributed by atoms with Gasteiger partial charge in [0.25, 0.3) is 0 Å². The molecule has 1 aliphatic rings. The van der Waals surface area contributed by atoms with Gasteiger partial charge in [0.1, 0.15) is 11.9 Å². The van der Waals surface area contributed by atoms with E-state index in [0.717, 1.165) is 74.4 Å². The van der Waals surface area contributed by atoms with Crippen LogP contribution in [0.4, 0.5) is 10.5 Å². The van der Waals surface area contributed by atoms with Gasteiger partial charge in [-0.25, -0.2) is 4.79 Å². The Morgan fingerprint density at radius 1 is 0.778 bits per heavy atom. The van der Waals surface area contributed by atoms with Crippen LogP contribution in [-0.4, -0.2) is 60.8 Å². The van der Waals surface area contributed by atoms with Crippen molar-refractivity contribution in [2.24, 2.45) is 0 Å². The minimum absolute atomic E-state index is 0.0143. The zero-order valence-corrected chi connectivity index (χ0v) is 25.6. The molecule has 4 aromatic carbocycles. The lowest BCUT2D eigenvalue weighted by molar-refractivity contribution is -0.120. The topological polar surface area (TPSA) is 103 Å². The average Bonchev–Trinajstić information content (AvgIpc) is 3.06. The van der Waals surface area contributed by atoms with E-state index < -0.39 is 6.09 Å². The number of rotatable bonds is 13. The van der Waals surface area contributed by atoms with Crippen LogP contribution in [0.15, 0.2) is 103 Å². The summed E-state index contributed by atoms with van der Waals surface area (Å²) in [5.41, 5.74) is 6.06. The Bertz CT molecular complexity index is 1500. The standard InChI is InChI=1S/C37H42N4O4/c42-32-16-14-28(15-17-32)18-21-38-27-30-12-10-29(11-13-30)26-36(43)39-22-25-41-23-19-33(20-24-41)45-37(44)40-35-9-5-4-8-34(35)31-6-2-1-3-7-31/h1-17,33,38,42H,18-27H2,(H,39,43)(H,40,44). The van der Waals surface area contributed by atoms with Crippen LogP contribution in [0.25, 0.3) is 11.1 Å². The van der Waals surface area contributed by atoms with Gasteiger partial charge in [-0.1, -0.05) is 84.9 Å². The first kappa shape index (κ1) is 31.8. The van der Waals surface area contributed by atoms with Crippen molar-refractivity contribution in [3.63, 3.8) is 0 Å². The lowest BCUT2D eigenvalue weighted by Crippen LogP contribution is -2.42. The molecule has 234 valence electrons. The van der Waals surface area contributed by atoms with E-state index in [1.807, 2.05) is 78.9 Å². The average molecular weight is 607 g/mol. The van der Waals surface area contributed by atoms with Gasteiger partial charge in [-0.15, -0.1) is 0 Å². The molecule has 1 heterocycles. The van der Waals surface area contributed by atoms with Crippen LogP contribution in [0.3, 0.4) is 0 Å². The number of aromatic hydroxyl groups is 1. The fourth-order valence-electron chi connectivity index (χ4n) is 5.51. The lowest BCUT2D eigenvalue weighted by Gasteiger charge is -2.31. The number of hydrogen-bond donors (Lipinski definition) is 4. The predicted octanol–water partition coefficient (Wildman–Crippen LogP) is 5.76. The third-order valence-electron chi connectivity index (χ3n) is 8.05. The minimum atomic E-state index is -0.431.